The third-order valence-corrected chi connectivity index (χ3v) is 4.71. The predicted molar refractivity (Wildman–Crippen MR) is 101 cm³/mol. The van der Waals surface area contributed by atoms with Gasteiger partial charge in [-0.3, -0.25) is 19.3 Å². The standard InChI is InChI=1S/C19H15FN2O4S/c1-11-7-14(23)5-6-15(11)21-17(24)10-22-18(25)16(27-19(22)26)9-12-3-2-4-13(20)8-12/h2-9,23H,10H2,1H3,(H,21,24)/b16-9-. The summed E-state index contributed by atoms with van der Waals surface area (Å²) < 4.78 is 13.3. The molecule has 2 aromatic carbocycles. The molecule has 0 spiro atoms. The molecular formula is C19H15FN2O4S. The topological polar surface area (TPSA) is 86.7 Å². The van der Waals surface area contributed by atoms with Crippen molar-refractivity contribution in [2.75, 3.05) is 11.9 Å². The molecule has 0 aliphatic carbocycles. The summed E-state index contributed by atoms with van der Waals surface area (Å²) in [6.07, 6.45) is 1.41. The van der Waals surface area contributed by atoms with E-state index in [0.29, 0.717) is 28.6 Å². The van der Waals surface area contributed by atoms with Gasteiger partial charge in [0.1, 0.15) is 18.1 Å². The van der Waals surface area contributed by atoms with Crippen molar-refractivity contribution in [1.82, 2.24) is 4.90 Å². The molecule has 0 atom stereocenters. The fourth-order valence-corrected chi connectivity index (χ4v) is 3.34. The molecular weight excluding hydrogens is 371 g/mol. The number of anilines is 1. The maximum Gasteiger partial charge on any atom is 0.294 e. The van der Waals surface area contributed by atoms with Crippen LogP contribution in [-0.2, 0) is 9.59 Å². The molecule has 1 aliphatic heterocycles. The third kappa shape index (κ3) is 4.35. The number of amides is 3. The van der Waals surface area contributed by atoms with Gasteiger partial charge in [-0.1, -0.05) is 12.1 Å². The minimum atomic E-state index is -0.605. The van der Waals surface area contributed by atoms with E-state index in [1.807, 2.05) is 0 Å². The summed E-state index contributed by atoms with van der Waals surface area (Å²) in [4.78, 5) is 37.7. The van der Waals surface area contributed by atoms with Gasteiger partial charge in [-0.2, -0.15) is 0 Å². The van der Waals surface area contributed by atoms with Crippen molar-refractivity contribution in [2.45, 2.75) is 6.92 Å². The number of phenolic OH excluding ortho intramolecular Hbond substituents is 1. The second-order valence-electron chi connectivity index (χ2n) is 5.87. The fourth-order valence-electron chi connectivity index (χ4n) is 2.51. The van der Waals surface area contributed by atoms with Crippen molar-refractivity contribution in [3.05, 3.63) is 64.3 Å². The highest BCUT2D eigenvalue weighted by atomic mass is 32.2. The quantitative estimate of drug-likeness (QED) is 0.620. The van der Waals surface area contributed by atoms with Crippen LogP contribution in [0.3, 0.4) is 0 Å². The van der Waals surface area contributed by atoms with Gasteiger partial charge in [0, 0.05) is 5.69 Å². The lowest BCUT2D eigenvalue weighted by atomic mass is 10.2. The highest BCUT2D eigenvalue weighted by Crippen LogP contribution is 2.32. The van der Waals surface area contributed by atoms with Crippen molar-refractivity contribution < 1.29 is 23.9 Å². The molecule has 3 amide bonds. The number of thioether (sulfide) groups is 1. The molecule has 6 nitrogen and oxygen atoms in total. The van der Waals surface area contributed by atoms with Crippen LogP contribution < -0.4 is 5.32 Å². The van der Waals surface area contributed by atoms with E-state index in [4.69, 9.17) is 0 Å². The molecule has 138 valence electrons. The number of phenols is 1. The van der Waals surface area contributed by atoms with Gasteiger partial charge >= 0.3 is 0 Å². The van der Waals surface area contributed by atoms with Crippen LogP contribution >= 0.6 is 11.8 Å². The summed E-state index contributed by atoms with van der Waals surface area (Å²) in [7, 11) is 0. The predicted octanol–water partition coefficient (Wildman–Crippen LogP) is 3.51. The Morgan fingerprint density at radius 1 is 1.26 bits per heavy atom. The van der Waals surface area contributed by atoms with Crippen LogP contribution in [-0.4, -0.2) is 33.6 Å². The Labute approximate surface area is 158 Å². The van der Waals surface area contributed by atoms with E-state index < -0.39 is 29.4 Å². The van der Waals surface area contributed by atoms with Gasteiger partial charge < -0.3 is 10.4 Å². The van der Waals surface area contributed by atoms with E-state index in [0.717, 1.165) is 4.90 Å². The molecule has 8 heteroatoms. The van der Waals surface area contributed by atoms with Crippen LogP contribution in [0.1, 0.15) is 11.1 Å². The Kier molecular flexibility index (Phi) is 5.27. The largest absolute Gasteiger partial charge is 0.508 e. The number of hydrogen-bond donors (Lipinski definition) is 2. The zero-order valence-corrected chi connectivity index (χ0v) is 15.0. The van der Waals surface area contributed by atoms with E-state index in [1.54, 1.807) is 13.0 Å². The van der Waals surface area contributed by atoms with Gasteiger partial charge in [0.2, 0.25) is 5.91 Å². The van der Waals surface area contributed by atoms with E-state index in [1.165, 1.54) is 42.5 Å². The average Bonchev–Trinajstić information content (AvgIpc) is 2.85. The van der Waals surface area contributed by atoms with Crippen LogP contribution in [0.5, 0.6) is 5.75 Å². The van der Waals surface area contributed by atoms with Crippen molar-refractivity contribution in [2.24, 2.45) is 0 Å². The average molecular weight is 386 g/mol. The van der Waals surface area contributed by atoms with Crippen LogP contribution in [0.15, 0.2) is 47.4 Å². The summed E-state index contributed by atoms with van der Waals surface area (Å²) >= 11 is 0.699. The molecule has 2 aromatic rings. The Morgan fingerprint density at radius 3 is 2.74 bits per heavy atom. The Morgan fingerprint density at radius 2 is 2.04 bits per heavy atom. The molecule has 27 heavy (non-hydrogen) atoms. The molecule has 3 rings (SSSR count). The van der Waals surface area contributed by atoms with Crippen LogP contribution in [0.4, 0.5) is 14.9 Å². The van der Waals surface area contributed by atoms with E-state index in [9.17, 15) is 23.9 Å². The van der Waals surface area contributed by atoms with Crippen LogP contribution in [0.2, 0.25) is 0 Å². The monoisotopic (exact) mass is 386 g/mol. The molecule has 1 heterocycles. The third-order valence-electron chi connectivity index (χ3n) is 3.81. The first-order chi connectivity index (χ1) is 12.8. The van der Waals surface area contributed by atoms with Crippen LogP contribution in [0.25, 0.3) is 6.08 Å². The van der Waals surface area contributed by atoms with Crippen molar-refractivity contribution in [3.8, 4) is 5.75 Å². The number of imide groups is 1. The number of aryl methyl sites for hydroxylation is 1. The second-order valence-corrected chi connectivity index (χ2v) is 6.86. The van der Waals surface area contributed by atoms with E-state index in [-0.39, 0.29) is 10.7 Å². The van der Waals surface area contributed by atoms with Crippen molar-refractivity contribution >= 4 is 40.6 Å². The number of hydrogen-bond acceptors (Lipinski definition) is 5. The number of carbonyl (C=O) groups is 3. The maximum absolute atomic E-state index is 13.3. The number of halogens is 1. The summed E-state index contributed by atoms with van der Waals surface area (Å²) in [5, 5.41) is 11.4. The molecule has 0 unspecified atom stereocenters. The Hall–Kier alpha value is -3.13. The minimum absolute atomic E-state index is 0.0684. The Balaban J connectivity index is 1.71. The van der Waals surface area contributed by atoms with Gasteiger partial charge in [0.25, 0.3) is 11.1 Å². The highest BCUT2D eigenvalue weighted by Gasteiger charge is 2.36. The number of benzene rings is 2. The first-order valence-electron chi connectivity index (χ1n) is 7.94. The highest BCUT2D eigenvalue weighted by molar-refractivity contribution is 8.18. The number of nitrogens with one attached hydrogen (secondary N) is 1. The summed E-state index contributed by atoms with van der Waals surface area (Å²) in [6, 6.07) is 10.1. The molecule has 0 saturated carbocycles. The zero-order chi connectivity index (χ0) is 19.6. The fraction of sp³-hybridized carbons (Fsp3) is 0.105. The van der Waals surface area contributed by atoms with Gasteiger partial charge in [0.15, 0.2) is 0 Å². The number of nitrogens with zero attached hydrogens (tertiary/aromatic N) is 1. The molecule has 1 fully saturated rings. The number of rotatable bonds is 4. The summed E-state index contributed by atoms with van der Waals surface area (Å²) in [6.45, 7) is 1.27. The SMILES string of the molecule is Cc1cc(O)ccc1NC(=O)CN1C(=O)S/C(=C\c2cccc(F)c2)C1=O. The van der Waals surface area contributed by atoms with Crippen molar-refractivity contribution in [1.29, 1.82) is 0 Å². The lowest BCUT2D eigenvalue weighted by Gasteiger charge is -2.13. The molecule has 1 saturated heterocycles. The smallest absolute Gasteiger partial charge is 0.294 e. The lowest BCUT2D eigenvalue weighted by molar-refractivity contribution is -0.127. The Bertz CT molecular complexity index is 974. The number of carbonyl (C=O) groups excluding carboxylic acids is 3. The molecule has 0 aromatic heterocycles. The van der Waals surface area contributed by atoms with Gasteiger partial charge in [-0.05, 0) is 66.2 Å². The first-order valence-corrected chi connectivity index (χ1v) is 8.75. The summed E-state index contributed by atoms with van der Waals surface area (Å²) in [5.74, 6) is -1.53. The van der Waals surface area contributed by atoms with E-state index >= 15 is 0 Å². The van der Waals surface area contributed by atoms with E-state index in [2.05, 4.69) is 5.32 Å². The molecule has 0 bridgehead atoms. The zero-order valence-electron chi connectivity index (χ0n) is 14.2. The minimum Gasteiger partial charge on any atom is -0.508 e. The molecule has 2 N–H and O–H groups in total. The molecule has 0 radical (unpaired) electrons. The van der Waals surface area contributed by atoms with Gasteiger partial charge in [-0.25, -0.2) is 4.39 Å². The summed E-state index contributed by atoms with van der Waals surface area (Å²) in [5.41, 5.74) is 1.56. The normalized spacial score (nSPS) is 15.5. The molecule has 1 aliphatic rings. The lowest BCUT2D eigenvalue weighted by Crippen LogP contribution is -2.36. The van der Waals surface area contributed by atoms with Gasteiger partial charge in [0.05, 0.1) is 4.91 Å². The van der Waals surface area contributed by atoms with Crippen LogP contribution in [0, 0.1) is 12.7 Å². The first kappa shape index (κ1) is 18.7. The van der Waals surface area contributed by atoms with Crippen molar-refractivity contribution in [3.63, 3.8) is 0 Å². The maximum atomic E-state index is 13.3. The second kappa shape index (κ2) is 7.63. The van der Waals surface area contributed by atoms with Gasteiger partial charge in [-0.15, -0.1) is 0 Å². The number of aromatic hydroxyl groups is 1.